The van der Waals surface area contributed by atoms with Crippen molar-refractivity contribution in [2.75, 3.05) is 6.54 Å². The van der Waals surface area contributed by atoms with E-state index in [9.17, 15) is 19.5 Å². The molecular weight excluding hydrogens is 310 g/mol. The number of carbonyl (C=O) groups is 3. The van der Waals surface area contributed by atoms with Gasteiger partial charge >= 0.3 is 0 Å². The Kier molecular flexibility index (Phi) is 7.91. The van der Waals surface area contributed by atoms with Crippen LogP contribution in [0.4, 0.5) is 0 Å². The van der Waals surface area contributed by atoms with E-state index < -0.39 is 23.9 Å². The SMILES string of the molecule is CC(C)C[C@@H](C=O)NC(=O)CNC(=O)[C@@H](N)Cc1ccc(O)cc1. The lowest BCUT2D eigenvalue weighted by atomic mass is 10.0. The number of amides is 2. The lowest BCUT2D eigenvalue weighted by molar-refractivity contribution is -0.127. The fourth-order valence-electron chi connectivity index (χ4n) is 2.19. The molecule has 5 N–H and O–H groups in total. The molecule has 0 spiro atoms. The minimum absolute atomic E-state index is 0.138. The number of hydrogen-bond donors (Lipinski definition) is 4. The molecule has 2 amide bonds. The van der Waals surface area contributed by atoms with Crippen molar-refractivity contribution in [3.05, 3.63) is 29.8 Å². The largest absolute Gasteiger partial charge is 0.508 e. The number of aromatic hydroxyl groups is 1. The van der Waals surface area contributed by atoms with Crippen molar-refractivity contribution < 1.29 is 19.5 Å². The van der Waals surface area contributed by atoms with E-state index >= 15 is 0 Å². The molecule has 0 aromatic heterocycles. The van der Waals surface area contributed by atoms with Gasteiger partial charge in [0.05, 0.1) is 18.6 Å². The van der Waals surface area contributed by atoms with Crippen LogP contribution < -0.4 is 16.4 Å². The van der Waals surface area contributed by atoms with Crippen molar-refractivity contribution in [1.29, 1.82) is 0 Å². The van der Waals surface area contributed by atoms with Crippen LogP contribution >= 0.6 is 0 Å². The number of aldehydes is 1. The summed E-state index contributed by atoms with van der Waals surface area (Å²) < 4.78 is 0. The van der Waals surface area contributed by atoms with Crippen LogP contribution in [0.25, 0.3) is 0 Å². The van der Waals surface area contributed by atoms with Crippen LogP contribution in [0.1, 0.15) is 25.8 Å². The van der Waals surface area contributed by atoms with Crippen molar-refractivity contribution in [2.45, 2.75) is 38.8 Å². The van der Waals surface area contributed by atoms with Gasteiger partial charge in [-0.1, -0.05) is 26.0 Å². The molecule has 0 unspecified atom stereocenters. The Morgan fingerprint density at radius 3 is 2.42 bits per heavy atom. The van der Waals surface area contributed by atoms with Gasteiger partial charge in [-0.05, 0) is 36.5 Å². The first-order chi connectivity index (χ1) is 11.3. The normalized spacial score (nSPS) is 13.2. The molecule has 1 rings (SSSR count). The summed E-state index contributed by atoms with van der Waals surface area (Å²) in [6, 6.07) is 5.02. The number of nitrogens with two attached hydrogens (primary N) is 1. The summed E-state index contributed by atoms with van der Waals surface area (Å²) >= 11 is 0. The van der Waals surface area contributed by atoms with Crippen molar-refractivity contribution in [1.82, 2.24) is 10.6 Å². The Bertz CT molecular complexity index is 557. The fraction of sp³-hybridized carbons (Fsp3) is 0.471. The Hall–Kier alpha value is -2.41. The Balaban J connectivity index is 2.39. The maximum Gasteiger partial charge on any atom is 0.239 e. The number of phenolic OH excluding ortho intramolecular Hbond substituents is 1. The van der Waals surface area contributed by atoms with Crippen molar-refractivity contribution in [3.8, 4) is 5.75 Å². The van der Waals surface area contributed by atoms with Crippen molar-refractivity contribution in [3.63, 3.8) is 0 Å². The molecule has 0 fully saturated rings. The molecule has 7 nitrogen and oxygen atoms in total. The first-order valence-corrected chi connectivity index (χ1v) is 7.87. The second-order valence-electron chi connectivity index (χ2n) is 6.13. The van der Waals surface area contributed by atoms with Gasteiger partial charge in [-0.25, -0.2) is 0 Å². The van der Waals surface area contributed by atoms with Gasteiger partial charge in [0.2, 0.25) is 11.8 Å². The van der Waals surface area contributed by atoms with E-state index in [0.29, 0.717) is 12.7 Å². The van der Waals surface area contributed by atoms with E-state index in [1.165, 1.54) is 12.1 Å². The van der Waals surface area contributed by atoms with Crippen LogP contribution in [0.2, 0.25) is 0 Å². The highest BCUT2D eigenvalue weighted by Crippen LogP contribution is 2.10. The minimum atomic E-state index is -0.806. The molecule has 132 valence electrons. The zero-order valence-corrected chi connectivity index (χ0v) is 14.0. The molecule has 2 atom stereocenters. The summed E-state index contributed by atoms with van der Waals surface area (Å²) in [5, 5.41) is 14.2. The van der Waals surface area contributed by atoms with Crippen LogP contribution in [0.15, 0.2) is 24.3 Å². The summed E-state index contributed by atoms with van der Waals surface area (Å²) in [5.41, 5.74) is 6.61. The van der Waals surface area contributed by atoms with Gasteiger partial charge < -0.3 is 26.3 Å². The highest BCUT2D eigenvalue weighted by atomic mass is 16.3. The lowest BCUT2D eigenvalue weighted by Crippen LogP contribution is -2.47. The molecule has 1 aromatic rings. The van der Waals surface area contributed by atoms with Crippen LogP contribution in [0.3, 0.4) is 0 Å². The number of rotatable bonds is 9. The summed E-state index contributed by atoms with van der Waals surface area (Å²) in [7, 11) is 0. The summed E-state index contributed by atoms with van der Waals surface area (Å²) in [4.78, 5) is 34.6. The highest BCUT2D eigenvalue weighted by molar-refractivity contribution is 5.88. The number of nitrogens with one attached hydrogen (secondary N) is 2. The van der Waals surface area contributed by atoms with Crippen molar-refractivity contribution >= 4 is 18.1 Å². The maximum atomic E-state index is 11.9. The van der Waals surface area contributed by atoms with Gasteiger partial charge in [-0.3, -0.25) is 9.59 Å². The molecule has 1 aromatic carbocycles. The lowest BCUT2D eigenvalue weighted by Gasteiger charge is -2.16. The average Bonchev–Trinajstić information content (AvgIpc) is 2.53. The topological polar surface area (TPSA) is 122 Å². The number of hydrogen-bond acceptors (Lipinski definition) is 5. The first-order valence-electron chi connectivity index (χ1n) is 7.87. The summed E-state index contributed by atoms with van der Waals surface area (Å²) in [6.07, 6.45) is 1.53. The van der Waals surface area contributed by atoms with Gasteiger partial charge in [0, 0.05) is 0 Å². The molecule has 0 aliphatic heterocycles. The zero-order valence-electron chi connectivity index (χ0n) is 14.0. The van der Waals surface area contributed by atoms with E-state index in [1.807, 2.05) is 13.8 Å². The van der Waals surface area contributed by atoms with E-state index in [4.69, 9.17) is 5.73 Å². The van der Waals surface area contributed by atoms with Crippen LogP contribution in [0.5, 0.6) is 5.75 Å². The smallest absolute Gasteiger partial charge is 0.239 e. The Morgan fingerprint density at radius 1 is 1.25 bits per heavy atom. The maximum absolute atomic E-state index is 11.9. The molecule has 0 radical (unpaired) electrons. The van der Waals surface area contributed by atoms with Gasteiger partial charge in [0.15, 0.2) is 0 Å². The monoisotopic (exact) mass is 335 g/mol. The molecule has 0 bridgehead atoms. The number of benzene rings is 1. The molecule has 0 saturated carbocycles. The first kappa shape index (κ1) is 19.6. The second kappa shape index (κ2) is 9.67. The average molecular weight is 335 g/mol. The van der Waals surface area contributed by atoms with Crippen LogP contribution in [-0.2, 0) is 20.8 Å². The third-order valence-corrected chi connectivity index (χ3v) is 3.39. The van der Waals surface area contributed by atoms with Gasteiger partial charge in [-0.15, -0.1) is 0 Å². The van der Waals surface area contributed by atoms with E-state index in [-0.39, 0.29) is 24.6 Å². The van der Waals surface area contributed by atoms with Crippen LogP contribution in [0, 0.1) is 5.92 Å². The van der Waals surface area contributed by atoms with Gasteiger partial charge in [0.1, 0.15) is 12.0 Å². The van der Waals surface area contributed by atoms with Crippen molar-refractivity contribution in [2.24, 2.45) is 11.7 Å². The van der Waals surface area contributed by atoms with Gasteiger partial charge in [0.25, 0.3) is 0 Å². The highest BCUT2D eigenvalue weighted by Gasteiger charge is 2.17. The minimum Gasteiger partial charge on any atom is -0.508 e. The van der Waals surface area contributed by atoms with Gasteiger partial charge in [-0.2, -0.15) is 0 Å². The number of phenols is 1. The predicted octanol–water partition coefficient (Wildman–Crippen LogP) is 0.108. The molecule has 24 heavy (non-hydrogen) atoms. The number of carbonyl (C=O) groups excluding carboxylic acids is 3. The molecule has 0 saturated heterocycles. The summed E-state index contributed by atoms with van der Waals surface area (Å²) in [5.74, 6) is -0.476. The third-order valence-electron chi connectivity index (χ3n) is 3.39. The molecule has 7 heteroatoms. The quantitative estimate of drug-likeness (QED) is 0.477. The van der Waals surface area contributed by atoms with E-state index in [2.05, 4.69) is 10.6 Å². The van der Waals surface area contributed by atoms with Crippen LogP contribution in [-0.4, -0.2) is 41.8 Å². The molecule has 0 heterocycles. The fourth-order valence-corrected chi connectivity index (χ4v) is 2.19. The standard InChI is InChI=1S/C17H25N3O4/c1-11(2)7-13(10-21)20-16(23)9-19-17(24)15(18)8-12-3-5-14(22)6-4-12/h3-6,10-11,13,15,22H,7-9,18H2,1-2H3,(H,19,24)(H,20,23)/t13-,15-/m0/s1. The molecule has 0 aliphatic carbocycles. The second-order valence-corrected chi connectivity index (χ2v) is 6.13. The molecular formula is C17H25N3O4. The molecule has 0 aliphatic rings. The predicted molar refractivity (Wildman–Crippen MR) is 90.2 cm³/mol. The summed E-state index contributed by atoms with van der Waals surface area (Å²) in [6.45, 7) is 3.67. The Morgan fingerprint density at radius 2 is 1.88 bits per heavy atom. The van der Waals surface area contributed by atoms with E-state index in [1.54, 1.807) is 12.1 Å². The van der Waals surface area contributed by atoms with E-state index in [0.717, 1.165) is 5.56 Å². The zero-order chi connectivity index (χ0) is 18.1. The third kappa shape index (κ3) is 7.23. The Labute approximate surface area is 141 Å².